The minimum atomic E-state index is -0.760. The molecule has 0 radical (unpaired) electrons. The maximum Gasteiger partial charge on any atom is 0.306 e. The molecule has 0 aromatic heterocycles. The lowest BCUT2D eigenvalue weighted by Gasteiger charge is -2.18. The van der Waals surface area contributed by atoms with Crippen LogP contribution in [0.4, 0.5) is 0 Å². The number of hydrogen-bond donors (Lipinski definition) is 0. The van der Waals surface area contributed by atoms with Crippen LogP contribution in [0, 0.1) is 11.8 Å². The van der Waals surface area contributed by atoms with Crippen LogP contribution in [0.2, 0.25) is 0 Å². The number of carbonyl (C=O) groups is 3. The molecule has 0 aromatic carbocycles. The third-order valence-electron chi connectivity index (χ3n) is 12.5. The first-order valence-corrected chi connectivity index (χ1v) is 27.2. The average molecular weight is 863 g/mol. The van der Waals surface area contributed by atoms with E-state index in [2.05, 4.69) is 34.6 Å². The Morgan fingerprint density at radius 1 is 0.311 bits per heavy atom. The van der Waals surface area contributed by atoms with Gasteiger partial charge in [-0.3, -0.25) is 14.4 Å². The van der Waals surface area contributed by atoms with Crippen molar-refractivity contribution in [2.75, 3.05) is 13.2 Å². The zero-order valence-corrected chi connectivity index (χ0v) is 41.8. The minimum Gasteiger partial charge on any atom is -0.462 e. The van der Waals surface area contributed by atoms with Crippen LogP contribution in [-0.4, -0.2) is 37.2 Å². The number of esters is 3. The van der Waals surface area contributed by atoms with Crippen molar-refractivity contribution >= 4 is 17.9 Å². The summed E-state index contributed by atoms with van der Waals surface area (Å²) in [5.41, 5.74) is 0. The minimum absolute atomic E-state index is 0.0637. The summed E-state index contributed by atoms with van der Waals surface area (Å²) in [7, 11) is 0. The zero-order valence-electron chi connectivity index (χ0n) is 41.8. The van der Waals surface area contributed by atoms with Gasteiger partial charge in [-0.05, 0) is 31.1 Å². The van der Waals surface area contributed by atoms with E-state index in [4.69, 9.17) is 14.2 Å². The zero-order chi connectivity index (χ0) is 44.7. The third-order valence-corrected chi connectivity index (χ3v) is 12.5. The maximum absolute atomic E-state index is 12.7. The molecular formula is C55H106O6. The Hall–Kier alpha value is -1.59. The third kappa shape index (κ3) is 49.3. The molecule has 0 spiro atoms. The molecule has 0 amide bonds. The van der Waals surface area contributed by atoms with Crippen molar-refractivity contribution in [2.24, 2.45) is 11.8 Å². The fourth-order valence-electron chi connectivity index (χ4n) is 8.34. The van der Waals surface area contributed by atoms with E-state index < -0.39 is 6.10 Å². The van der Waals surface area contributed by atoms with E-state index >= 15 is 0 Å². The summed E-state index contributed by atoms with van der Waals surface area (Å²) in [5, 5.41) is 0. The highest BCUT2D eigenvalue weighted by Crippen LogP contribution is 2.18. The van der Waals surface area contributed by atoms with Crippen LogP contribution in [0.1, 0.15) is 304 Å². The van der Waals surface area contributed by atoms with Crippen molar-refractivity contribution in [1.29, 1.82) is 0 Å². The monoisotopic (exact) mass is 863 g/mol. The Labute approximate surface area is 380 Å². The van der Waals surface area contributed by atoms with Crippen molar-refractivity contribution in [3.8, 4) is 0 Å². The SMILES string of the molecule is CCCCCCCCCC(=O)O[C@@H](COC(=O)CCCCCCCCCCCCCCCCCCC(C)C)COC(=O)CCCCCCCCCCCCCCCCC(C)C. The smallest absolute Gasteiger partial charge is 0.306 e. The van der Waals surface area contributed by atoms with Crippen LogP contribution in [-0.2, 0) is 28.6 Å². The van der Waals surface area contributed by atoms with E-state index in [0.29, 0.717) is 19.3 Å². The molecular weight excluding hydrogens is 757 g/mol. The molecule has 61 heavy (non-hydrogen) atoms. The maximum atomic E-state index is 12.7. The first-order valence-electron chi connectivity index (χ1n) is 27.2. The quantitative estimate of drug-likeness (QED) is 0.0344. The molecule has 0 N–H and O–H groups in total. The Morgan fingerprint density at radius 2 is 0.541 bits per heavy atom. The van der Waals surface area contributed by atoms with Gasteiger partial charge in [-0.1, -0.05) is 266 Å². The van der Waals surface area contributed by atoms with Gasteiger partial charge in [0.2, 0.25) is 0 Å². The van der Waals surface area contributed by atoms with Crippen molar-refractivity contribution in [2.45, 2.75) is 310 Å². The molecule has 0 bridgehead atoms. The second kappa shape index (κ2) is 47.9. The topological polar surface area (TPSA) is 78.9 Å². The van der Waals surface area contributed by atoms with Crippen molar-refractivity contribution in [3.63, 3.8) is 0 Å². The highest BCUT2D eigenvalue weighted by molar-refractivity contribution is 5.71. The van der Waals surface area contributed by atoms with E-state index in [1.165, 1.54) is 193 Å². The van der Waals surface area contributed by atoms with Crippen LogP contribution in [0.15, 0.2) is 0 Å². The predicted octanol–water partition coefficient (Wildman–Crippen LogP) is 17.7. The molecule has 0 rings (SSSR count). The van der Waals surface area contributed by atoms with Crippen LogP contribution >= 0.6 is 0 Å². The summed E-state index contributed by atoms with van der Waals surface area (Å²) in [5.74, 6) is 0.847. The number of unbranched alkanes of at least 4 members (excludes halogenated alkanes) is 34. The molecule has 0 heterocycles. The highest BCUT2D eigenvalue weighted by atomic mass is 16.6. The second-order valence-corrected chi connectivity index (χ2v) is 19.8. The summed E-state index contributed by atoms with van der Waals surface area (Å²) < 4.78 is 16.8. The van der Waals surface area contributed by atoms with Crippen LogP contribution in [0.3, 0.4) is 0 Å². The molecule has 6 heteroatoms. The molecule has 0 aliphatic heterocycles. The summed E-state index contributed by atoms with van der Waals surface area (Å²) in [6.45, 7) is 11.4. The number of hydrogen-bond acceptors (Lipinski definition) is 6. The molecule has 0 saturated heterocycles. The first kappa shape index (κ1) is 59.4. The lowest BCUT2D eigenvalue weighted by Crippen LogP contribution is -2.30. The van der Waals surface area contributed by atoms with Crippen molar-refractivity contribution < 1.29 is 28.6 Å². The Kier molecular flexibility index (Phi) is 46.6. The predicted molar refractivity (Wildman–Crippen MR) is 261 cm³/mol. The molecule has 0 fully saturated rings. The molecule has 0 unspecified atom stereocenters. The number of rotatable bonds is 49. The fourth-order valence-corrected chi connectivity index (χ4v) is 8.34. The largest absolute Gasteiger partial charge is 0.462 e. The van der Waals surface area contributed by atoms with Gasteiger partial charge in [0.1, 0.15) is 13.2 Å². The van der Waals surface area contributed by atoms with E-state index in [1.807, 2.05) is 0 Å². The first-order chi connectivity index (χ1) is 29.7. The molecule has 0 aliphatic carbocycles. The van der Waals surface area contributed by atoms with E-state index in [0.717, 1.165) is 69.6 Å². The van der Waals surface area contributed by atoms with Gasteiger partial charge in [-0.15, -0.1) is 0 Å². The van der Waals surface area contributed by atoms with Gasteiger partial charge >= 0.3 is 17.9 Å². The second-order valence-electron chi connectivity index (χ2n) is 19.8. The van der Waals surface area contributed by atoms with Gasteiger partial charge in [0.05, 0.1) is 0 Å². The van der Waals surface area contributed by atoms with E-state index in [9.17, 15) is 14.4 Å². The van der Waals surface area contributed by atoms with Gasteiger partial charge in [0, 0.05) is 19.3 Å². The van der Waals surface area contributed by atoms with Crippen LogP contribution in [0.25, 0.3) is 0 Å². The number of carbonyl (C=O) groups excluding carboxylic acids is 3. The van der Waals surface area contributed by atoms with Crippen LogP contribution in [0.5, 0.6) is 0 Å². The molecule has 0 aliphatic rings. The van der Waals surface area contributed by atoms with Gasteiger partial charge in [0.15, 0.2) is 6.10 Å². The van der Waals surface area contributed by atoms with Gasteiger partial charge < -0.3 is 14.2 Å². The Bertz CT molecular complexity index is 931. The van der Waals surface area contributed by atoms with Gasteiger partial charge in [-0.2, -0.15) is 0 Å². The highest BCUT2D eigenvalue weighted by Gasteiger charge is 2.19. The standard InChI is InChI=1S/C55H106O6/c1-6-7-8-9-28-37-42-47-55(58)61-52(49-60-54(57)46-41-36-32-27-23-19-15-14-17-21-25-30-34-39-44-51(4)5)48-59-53(56)45-40-35-31-26-22-18-13-11-10-12-16-20-24-29-33-38-43-50(2)3/h50-52H,6-49H2,1-5H3/t52-/m0/s1. The lowest BCUT2D eigenvalue weighted by molar-refractivity contribution is -0.167. The summed E-state index contributed by atoms with van der Waals surface area (Å²) in [6, 6.07) is 0. The Morgan fingerprint density at radius 3 is 0.803 bits per heavy atom. The molecule has 0 saturated carbocycles. The molecule has 362 valence electrons. The van der Waals surface area contributed by atoms with E-state index in [1.54, 1.807) is 0 Å². The molecule has 0 aromatic rings. The lowest BCUT2D eigenvalue weighted by atomic mass is 10.0. The van der Waals surface area contributed by atoms with Crippen molar-refractivity contribution in [3.05, 3.63) is 0 Å². The average Bonchev–Trinajstić information content (AvgIpc) is 3.23. The van der Waals surface area contributed by atoms with Gasteiger partial charge in [0.25, 0.3) is 0 Å². The summed E-state index contributed by atoms with van der Waals surface area (Å²) in [4.78, 5) is 37.8. The number of ether oxygens (including phenoxy) is 3. The summed E-state index contributed by atoms with van der Waals surface area (Å²) >= 11 is 0. The Balaban J connectivity index is 4.12. The molecule has 6 nitrogen and oxygen atoms in total. The molecule has 1 atom stereocenters. The van der Waals surface area contributed by atoms with Crippen molar-refractivity contribution in [1.82, 2.24) is 0 Å². The fraction of sp³-hybridized carbons (Fsp3) is 0.945. The van der Waals surface area contributed by atoms with Crippen LogP contribution < -0.4 is 0 Å². The summed E-state index contributed by atoms with van der Waals surface area (Å²) in [6.07, 6.45) is 49.7. The normalized spacial score (nSPS) is 12.0. The van der Waals surface area contributed by atoms with Gasteiger partial charge in [-0.25, -0.2) is 0 Å². The van der Waals surface area contributed by atoms with E-state index in [-0.39, 0.29) is 31.1 Å².